The number of carboxylic acids is 1. The number of rotatable bonds is 5. The fourth-order valence-electron chi connectivity index (χ4n) is 2.34. The Morgan fingerprint density at radius 3 is 2.17 bits per heavy atom. The molecule has 0 bridgehead atoms. The number of carbonyl (C=O) groups is 2. The lowest BCUT2D eigenvalue weighted by Crippen LogP contribution is -2.12. The molecule has 2 N–H and O–H groups in total. The zero-order valence-corrected chi connectivity index (χ0v) is 14.6. The summed E-state index contributed by atoms with van der Waals surface area (Å²) in [6, 6.07) is 12.4. The van der Waals surface area contributed by atoms with Crippen molar-refractivity contribution in [2.75, 3.05) is 5.32 Å². The fourth-order valence-corrected chi connectivity index (χ4v) is 2.34. The van der Waals surface area contributed by atoms with Crippen LogP contribution in [-0.4, -0.2) is 22.0 Å². The summed E-state index contributed by atoms with van der Waals surface area (Å²) in [6.07, 6.45) is -3.12. The first kappa shape index (κ1) is 19.9. The van der Waals surface area contributed by atoms with E-state index in [9.17, 15) is 22.8 Å². The van der Waals surface area contributed by atoms with E-state index in [4.69, 9.17) is 9.84 Å². The van der Waals surface area contributed by atoms with E-state index in [0.29, 0.717) is 5.75 Å². The molecule has 0 aliphatic heterocycles. The highest BCUT2D eigenvalue weighted by atomic mass is 19.4. The Bertz CT molecular complexity index is 1030. The Morgan fingerprint density at radius 2 is 1.59 bits per heavy atom. The number of anilines is 1. The van der Waals surface area contributed by atoms with Gasteiger partial charge < -0.3 is 15.2 Å². The zero-order valence-electron chi connectivity index (χ0n) is 14.6. The summed E-state index contributed by atoms with van der Waals surface area (Å²) < 4.78 is 43.3. The fraction of sp³-hybridized carbons (Fsp3) is 0.0500. The largest absolute Gasteiger partial charge is 0.478 e. The van der Waals surface area contributed by atoms with Crippen molar-refractivity contribution in [2.45, 2.75) is 6.18 Å². The van der Waals surface area contributed by atoms with Crippen LogP contribution < -0.4 is 10.1 Å². The van der Waals surface area contributed by atoms with Gasteiger partial charge in [-0.25, -0.2) is 9.78 Å². The molecular weight excluding hydrogens is 389 g/mol. The van der Waals surface area contributed by atoms with Crippen LogP contribution in [0.25, 0.3) is 0 Å². The van der Waals surface area contributed by atoms with Crippen LogP contribution in [0, 0.1) is 0 Å². The topological polar surface area (TPSA) is 88.5 Å². The lowest BCUT2D eigenvalue weighted by Gasteiger charge is -2.10. The summed E-state index contributed by atoms with van der Waals surface area (Å²) in [5.41, 5.74) is -0.345. The summed E-state index contributed by atoms with van der Waals surface area (Å²) >= 11 is 0. The second kappa shape index (κ2) is 8.01. The molecular formula is C20H13F3N2O4. The molecule has 0 radical (unpaired) electrons. The maximum Gasteiger partial charge on any atom is 0.416 e. The van der Waals surface area contributed by atoms with Crippen molar-refractivity contribution >= 4 is 17.6 Å². The van der Waals surface area contributed by atoms with Gasteiger partial charge in [0, 0.05) is 23.5 Å². The first-order valence-electron chi connectivity index (χ1n) is 8.18. The third-order valence-electron chi connectivity index (χ3n) is 3.79. The van der Waals surface area contributed by atoms with Crippen molar-refractivity contribution in [3.63, 3.8) is 0 Å². The number of aromatic carboxylic acids is 1. The summed E-state index contributed by atoms with van der Waals surface area (Å²) in [4.78, 5) is 27.2. The van der Waals surface area contributed by atoms with Crippen LogP contribution in [0.15, 0.2) is 66.9 Å². The molecule has 0 fully saturated rings. The molecule has 1 aromatic heterocycles. The van der Waals surface area contributed by atoms with Crippen molar-refractivity contribution in [1.82, 2.24) is 4.98 Å². The van der Waals surface area contributed by atoms with E-state index in [1.54, 1.807) is 0 Å². The Labute approximate surface area is 162 Å². The molecule has 1 heterocycles. The maximum atomic E-state index is 12.6. The van der Waals surface area contributed by atoms with Crippen molar-refractivity contribution < 1.29 is 32.6 Å². The SMILES string of the molecule is O=C(O)c1ccc(Oc2cc(C(=O)Nc3ccc(C(F)(F)F)cc3)ccn2)cc1. The normalized spacial score (nSPS) is 11.0. The molecule has 3 rings (SSSR count). The number of nitrogens with zero attached hydrogens (tertiary/aromatic N) is 1. The van der Waals surface area contributed by atoms with E-state index < -0.39 is 23.6 Å². The molecule has 0 saturated carbocycles. The van der Waals surface area contributed by atoms with E-state index in [1.807, 2.05) is 0 Å². The Morgan fingerprint density at radius 1 is 0.931 bits per heavy atom. The monoisotopic (exact) mass is 402 g/mol. The first-order valence-corrected chi connectivity index (χ1v) is 8.18. The van der Waals surface area contributed by atoms with Crippen LogP contribution >= 0.6 is 0 Å². The minimum absolute atomic E-state index is 0.0909. The van der Waals surface area contributed by atoms with Crippen LogP contribution in [0.2, 0.25) is 0 Å². The lowest BCUT2D eigenvalue weighted by molar-refractivity contribution is -0.137. The number of aromatic nitrogens is 1. The summed E-state index contributed by atoms with van der Waals surface area (Å²) in [6.45, 7) is 0. The van der Waals surface area contributed by atoms with Gasteiger partial charge in [0.2, 0.25) is 5.88 Å². The number of alkyl halides is 3. The number of halogens is 3. The molecule has 0 aliphatic rings. The van der Waals surface area contributed by atoms with Crippen LogP contribution in [0.1, 0.15) is 26.3 Å². The van der Waals surface area contributed by atoms with Crippen molar-refractivity contribution in [1.29, 1.82) is 0 Å². The summed E-state index contributed by atoms with van der Waals surface area (Å²) in [5, 5.41) is 11.4. The minimum Gasteiger partial charge on any atom is -0.478 e. The van der Waals surface area contributed by atoms with Crippen LogP contribution in [0.5, 0.6) is 11.6 Å². The number of ether oxygens (including phenoxy) is 1. The van der Waals surface area contributed by atoms with Crippen LogP contribution in [0.3, 0.4) is 0 Å². The predicted molar refractivity (Wildman–Crippen MR) is 97.1 cm³/mol. The molecule has 148 valence electrons. The average Bonchev–Trinajstić information content (AvgIpc) is 2.68. The van der Waals surface area contributed by atoms with Gasteiger partial charge in [0.25, 0.3) is 5.91 Å². The molecule has 0 unspecified atom stereocenters. The highest BCUT2D eigenvalue weighted by molar-refractivity contribution is 6.04. The number of nitrogens with one attached hydrogen (secondary N) is 1. The number of pyridine rings is 1. The highest BCUT2D eigenvalue weighted by Gasteiger charge is 2.30. The van der Waals surface area contributed by atoms with Crippen molar-refractivity contribution in [2.24, 2.45) is 0 Å². The quantitative estimate of drug-likeness (QED) is 0.637. The van der Waals surface area contributed by atoms with Gasteiger partial charge in [-0.2, -0.15) is 13.2 Å². The van der Waals surface area contributed by atoms with Crippen LogP contribution in [-0.2, 0) is 6.18 Å². The molecule has 0 aliphatic carbocycles. The van der Waals surface area contributed by atoms with Gasteiger partial charge in [0.05, 0.1) is 11.1 Å². The number of carboxylic acid groups (broad SMARTS) is 1. The van der Waals surface area contributed by atoms with E-state index >= 15 is 0 Å². The van der Waals surface area contributed by atoms with Crippen molar-refractivity contribution in [3.8, 4) is 11.6 Å². The smallest absolute Gasteiger partial charge is 0.416 e. The van der Waals surface area contributed by atoms with Crippen molar-refractivity contribution in [3.05, 3.63) is 83.6 Å². The predicted octanol–water partition coefficient (Wildman–Crippen LogP) is 4.84. The number of amides is 1. The number of benzene rings is 2. The minimum atomic E-state index is -4.46. The van der Waals surface area contributed by atoms with Gasteiger partial charge in [-0.15, -0.1) is 0 Å². The van der Waals surface area contributed by atoms with E-state index in [1.165, 1.54) is 42.6 Å². The number of hydrogen-bond acceptors (Lipinski definition) is 4. The molecule has 6 nitrogen and oxygen atoms in total. The van der Waals surface area contributed by atoms with Gasteiger partial charge in [0.1, 0.15) is 5.75 Å². The second-order valence-electron chi connectivity index (χ2n) is 5.84. The van der Waals surface area contributed by atoms with Gasteiger partial charge in [-0.3, -0.25) is 4.79 Å². The maximum absolute atomic E-state index is 12.6. The van der Waals surface area contributed by atoms with Crippen LogP contribution in [0.4, 0.5) is 18.9 Å². The molecule has 9 heteroatoms. The number of carbonyl (C=O) groups excluding carboxylic acids is 1. The van der Waals surface area contributed by atoms with E-state index in [2.05, 4.69) is 10.3 Å². The Hall–Kier alpha value is -3.88. The highest BCUT2D eigenvalue weighted by Crippen LogP contribution is 2.30. The molecule has 0 atom stereocenters. The summed E-state index contributed by atoms with van der Waals surface area (Å²) in [5.74, 6) is -1.22. The number of hydrogen-bond donors (Lipinski definition) is 2. The molecule has 3 aromatic rings. The lowest BCUT2D eigenvalue weighted by atomic mass is 10.2. The average molecular weight is 402 g/mol. The Balaban J connectivity index is 1.70. The molecule has 0 saturated heterocycles. The first-order chi connectivity index (χ1) is 13.7. The standard InChI is InChI=1S/C20H13F3N2O4/c21-20(22,23)14-3-5-15(6-4-14)25-18(26)13-9-10-24-17(11-13)29-16-7-1-12(2-8-16)19(27)28/h1-11H,(H,25,26)(H,27,28). The van der Waals surface area contributed by atoms with Gasteiger partial charge >= 0.3 is 12.1 Å². The zero-order chi connectivity index (χ0) is 21.0. The molecule has 1 amide bonds. The third kappa shape index (κ3) is 5.10. The van der Waals surface area contributed by atoms with E-state index in [-0.39, 0.29) is 22.7 Å². The summed E-state index contributed by atoms with van der Waals surface area (Å²) in [7, 11) is 0. The van der Waals surface area contributed by atoms with Gasteiger partial charge in [-0.05, 0) is 54.6 Å². The van der Waals surface area contributed by atoms with E-state index in [0.717, 1.165) is 24.3 Å². The molecule has 2 aromatic carbocycles. The molecule has 29 heavy (non-hydrogen) atoms. The second-order valence-corrected chi connectivity index (χ2v) is 5.84. The third-order valence-corrected chi connectivity index (χ3v) is 3.79. The Kier molecular flexibility index (Phi) is 5.49. The van der Waals surface area contributed by atoms with Gasteiger partial charge in [0.15, 0.2) is 0 Å². The molecule has 0 spiro atoms. The van der Waals surface area contributed by atoms with Gasteiger partial charge in [-0.1, -0.05) is 0 Å².